The molecule has 4 aromatic rings. The first-order valence-electron chi connectivity index (χ1n) is 8.78. The van der Waals surface area contributed by atoms with E-state index in [9.17, 15) is 18.0 Å². The molecule has 4 rings (SSSR count). The molecule has 1 heterocycles. The highest BCUT2D eigenvalue weighted by Crippen LogP contribution is 2.33. The van der Waals surface area contributed by atoms with E-state index in [1.807, 2.05) is 0 Å². The maximum Gasteiger partial charge on any atom is 0.416 e. The molecule has 0 spiro atoms. The maximum atomic E-state index is 13.3. The van der Waals surface area contributed by atoms with Gasteiger partial charge in [0.2, 0.25) is 0 Å². The minimum atomic E-state index is -4.50. The third-order valence-electron chi connectivity index (χ3n) is 4.56. The Hall–Kier alpha value is -2.96. The van der Waals surface area contributed by atoms with E-state index in [1.165, 1.54) is 27.5 Å². The fraction of sp³-hybridized carbons (Fsp3) is 0.0455. The second-order valence-corrected chi connectivity index (χ2v) is 7.41. The molecule has 0 aliphatic rings. The number of hydrogen-bond acceptors (Lipinski definition) is 1. The fourth-order valence-electron chi connectivity index (χ4n) is 3.13. The number of alkyl halides is 3. The first kappa shape index (κ1) is 20.3. The van der Waals surface area contributed by atoms with Crippen molar-refractivity contribution < 1.29 is 13.2 Å². The molecule has 0 unspecified atom stereocenters. The lowest BCUT2D eigenvalue weighted by Gasteiger charge is -2.10. The molecule has 152 valence electrons. The number of rotatable bonds is 3. The zero-order chi connectivity index (χ0) is 21.5. The number of nitrogens with zero attached hydrogens (tertiary/aromatic N) is 2. The highest BCUT2D eigenvalue weighted by Gasteiger charge is 2.31. The van der Waals surface area contributed by atoms with Crippen LogP contribution in [0.25, 0.3) is 22.6 Å². The van der Waals surface area contributed by atoms with Crippen molar-refractivity contribution in [2.24, 2.45) is 0 Å². The van der Waals surface area contributed by atoms with E-state index in [-0.39, 0.29) is 5.56 Å². The average Bonchev–Trinajstić information content (AvgIpc) is 3.06. The molecule has 0 radical (unpaired) electrons. The third kappa shape index (κ3) is 3.88. The first-order valence-corrected chi connectivity index (χ1v) is 9.53. The molecule has 0 saturated heterocycles. The molecule has 1 aromatic heterocycles. The van der Waals surface area contributed by atoms with Crippen LogP contribution < -0.4 is 5.69 Å². The topological polar surface area (TPSA) is 26.9 Å². The summed E-state index contributed by atoms with van der Waals surface area (Å²) in [6.07, 6.45) is -2.99. The molecule has 0 atom stereocenters. The Morgan fingerprint density at radius 3 is 1.90 bits per heavy atom. The lowest BCUT2D eigenvalue weighted by molar-refractivity contribution is -0.137. The normalized spacial score (nSPS) is 11.6. The quantitative estimate of drug-likeness (QED) is 0.345. The van der Waals surface area contributed by atoms with Crippen molar-refractivity contribution in [2.75, 3.05) is 0 Å². The number of halogens is 5. The summed E-state index contributed by atoms with van der Waals surface area (Å²) in [5.41, 5.74) is 0.337. The second-order valence-electron chi connectivity index (χ2n) is 6.53. The Kier molecular flexibility index (Phi) is 5.22. The molecule has 0 saturated carbocycles. The predicted octanol–water partition coefficient (Wildman–Crippen LogP) is 6.62. The van der Waals surface area contributed by atoms with Crippen LogP contribution in [-0.4, -0.2) is 9.13 Å². The van der Waals surface area contributed by atoms with Gasteiger partial charge in [0.25, 0.3) is 0 Å². The monoisotopic (exact) mass is 448 g/mol. The lowest BCUT2D eigenvalue weighted by atomic mass is 10.1. The van der Waals surface area contributed by atoms with Gasteiger partial charge in [-0.15, -0.1) is 0 Å². The zero-order valence-corrected chi connectivity index (χ0v) is 16.7. The van der Waals surface area contributed by atoms with E-state index < -0.39 is 17.4 Å². The molecule has 0 aliphatic carbocycles. The summed E-state index contributed by atoms with van der Waals surface area (Å²) in [6.45, 7) is 0. The van der Waals surface area contributed by atoms with Crippen molar-refractivity contribution in [1.29, 1.82) is 0 Å². The third-order valence-corrected chi connectivity index (χ3v) is 5.07. The van der Waals surface area contributed by atoms with Crippen LogP contribution in [0.3, 0.4) is 0 Å². The van der Waals surface area contributed by atoms with Crippen molar-refractivity contribution >= 4 is 23.2 Å². The van der Waals surface area contributed by atoms with Crippen LogP contribution in [0.2, 0.25) is 10.0 Å². The number of imidazole rings is 1. The molecule has 30 heavy (non-hydrogen) atoms. The van der Waals surface area contributed by atoms with Crippen LogP contribution in [0.1, 0.15) is 5.56 Å². The maximum absolute atomic E-state index is 13.3. The highest BCUT2D eigenvalue weighted by atomic mass is 35.5. The molecule has 0 bridgehead atoms. The summed E-state index contributed by atoms with van der Waals surface area (Å²) in [6, 6.07) is 17.9. The molecule has 0 amide bonds. The molecule has 0 aliphatic heterocycles. The first-order chi connectivity index (χ1) is 14.2. The summed E-state index contributed by atoms with van der Waals surface area (Å²) >= 11 is 11.9. The molecule has 8 heteroatoms. The van der Waals surface area contributed by atoms with Crippen LogP contribution in [0.15, 0.2) is 83.8 Å². The molecule has 0 fully saturated rings. The SMILES string of the molecule is O=c1n(-c2ccc(Cl)cc2)cc(-c2cccc(C(F)(F)F)c2)n1-c1ccc(Cl)cc1. The summed E-state index contributed by atoms with van der Waals surface area (Å²) in [7, 11) is 0. The number of benzene rings is 3. The molecular formula is C22H13Cl2F3N2O. The second kappa shape index (κ2) is 7.70. The number of aromatic nitrogens is 2. The molecular weight excluding hydrogens is 436 g/mol. The smallest absolute Gasteiger partial charge is 0.267 e. The molecule has 0 N–H and O–H groups in total. The van der Waals surface area contributed by atoms with Gasteiger partial charge in [-0.2, -0.15) is 13.2 Å². The van der Waals surface area contributed by atoms with Crippen LogP contribution in [0.4, 0.5) is 13.2 Å². The van der Waals surface area contributed by atoms with Gasteiger partial charge < -0.3 is 0 Å². The predicted molar refractivity (Wildman–Crippen MR) is 112 cm³/mol. The largest absolute Gasteiger partial charge is 0.416 e. The van der Waals surface area contributed by atoms with Crippen molar-refractivity contribution in [3.63, 3.8) is 0 Å². The van der Waals surface area contributed by atoms with E-state index >= 15 is 0 Å². The van der Waals surface area contributed by atoms with Crippen molar-refractivity contribution in [3.05, 3.63) is 105 Å². The summed E-state index contributed by atoms with van der Waals surface area (Å²) in [4.78, 5) is 13.3. The van der Waals surface area contributed by atoms with Gasteiger partial charge >= 0.3 is 11.9 Å². The standard InChI is InChI=1S/C22H13Cl2F3N2O/c23-16-4-8-18(9-5-16)28-13-20(14-2-1-3-15(12-14)22(25,26)27)29(21(28)30)19-10-6-17(24)7-11-19/h1-13H. The van der Waals surface area contributed by atoms with Crippen LogP contribution in [0, 0.1) is 0 Å². The van der Waals surface area contributed by atoms with Gasteiger partial charge in [-0.05, 0) is 60.7 Å². The van der Waals surface area contributed by atoms with Gasteiger partial charge in [0.15, 0.2) is 0 Å². The number of hydrogen-bond donors (Lipinski definition) is 0. The highest BCUT2D eigenvalue weighted by molar-refractivity contribution is 6.30. The Bertz CT molecular complexity index is 1260. The van der Waals surface area contributed by atoms with Crippen LogP contribution in [0.5, 0.6) is 0 Å². The molecule has 3 aromatic carbocycles. The van der Waals surface area contributed by atoms with Crippen LogP contribution >= 0.6 is 23.2 Å². The summed E-state index contributed by atoms with van der Waals surface area (Å²) in [5, 5.41) is 0.978. The van der Waals surface area contributed by atoms with Gasteiger partial charge in [0, 0.05) is 21.8 Å². The Morgan fingerprint density at radius 2 is 1.33 bits per heavy atom. The van der Waals surface area contributed by atoms with Crippen molar-refractivity contribution in [2.45, 2.75) is 6.18 Å². The van der Waals surface area contributed by atoms with E-state index in [0.29, 0.717) is 27.1 Å². The van der Waals surface area contributed by atoms with Crippen molar-refractivity contribution in [3.8, 4) is 22.6 Å². The van der Waals surface area contributed by atoms with Gasteiger partial charge in [0.1, 0.15) is 0 Å². The Morgan fingerprint density at radius 1 is 0.767 bits per heavy atom. The molecule has 3 nitrogen and oxygen atoms in total. The van der Waals surface area contributed by atoms with Crippen LogP contribution in [-0.2, 0) is 6.18 Å². The fourth-order valence-corrected chi connectivity index (χ4v) is 3.38. The van der Waals surface area contributed by atoms with Gasteiger partial charge in [-0.25, -0.2) is 4.79 Å². The average molecular weight is 449 g/mol. The zero-order valence-electron chi connectivity index (χ0n) is 15.2. The van der Waals surface area contributed by atoms with E-state index in [0.717, 1.165) is 12.1 Å². The van der Waals surface area contributed by atoms with Gasteiger partial charge in [-0.1, -0.05) is 35.3 Å². The Balaban J connectivity index is 1.97. The lowest BCUT2D eigenvalue weighted by Crippen LogP contribution is -2.22. The van der Waals surface area contributed by atoms with E-state index in [2.05, 4.69) is 0 Å². The van der Waals surface area contributed by atoms with Gasteiger partial charge in [0.05, 0.1) is 22.6 Å². The van der Waals surface area contributed by atoms with Gasteiger partial charge in [-0.3, -0.25) is 9.13 Å². The summed E-state index contributed by atoms with van der Waals surface area (Å²) < 4.78 is 42.4. The minimum Gasteiger partial charge on any atom is -0.267 e. The van der Waals surface area contributed by atoms with Crippen molar-refractivity contribution in [1.82, 2.24) is 9.13 Å². The minimum absolute atomic E-state index is 0.254. The van der Waals surface area contributed by atoms with E-state index in [4.69, 9.17) is 23.2 Å². The Labute approximate surface area is 179 Å². The summed E-state index contributed by atoms with van der Waals surface area (Å²) in [5.74, 6) is 0. The van der Waals surface area contributed by atoms with E-state index in [1.54, 1.807) is 48.5 Å².